The lowest BCUT2D eigenvalue weighted by Gasteiger charge is -2.27. The number of benzene rings is 3. The molecular weight excluding hydrogens is 499 g/mol. The molecule has 0 unspecified atom stereocenters. The normalized spacial score (nSPS) is 15.0. The first-order valence-corrected chi connectivity index (χ1v) is 11.2. The van der Waals surface area contributed by atoms with Crippen LogP contribution in [0.4, 0.5) is 10.5 Å². The van der Waals surface area contributed by atoms with Crippen molar-refractivity contribution in [3.63, 3.8) is 0 Å². The number of aryl methyl sites for hydroxylation is 1. The number of barbiturate groups is 1. The van der Waals surface area contributed by atoms with Gasteiger partial charge in [-0.15, -0.1) is 0 Å². The summed E-state index contributed by atoms with van der Waals surface area (Å²) in [6.45, 7) is 2.02. The molecule has 1 aliphatic heterocycles. The first-order valence-electron chi connectivity index (χ1n) is 10.1. The van der Waals surface area contributed by atoms with E-state index in [1.807, 2.05) is 6.07 Å². The lowest BCUT2D eigenvalue weighted by atomic mass is 10.1. The van der Waals surface area contributed by atoms with E-state index in [2.05, 4.69) is 5.32 Å². The number of ether oxygens (including phenoxy) is 1. The number of imide groups is 2. The molecule has 1 saturated heterocycles. The number of nitrogens with one attached hydrogen (secondary N) is 1. The molecule has 1 fully saturated rings. The van der Waals surface area contributed by atoms with Crippen LogP contribution in [-0.4, -0.2) is 17.8 Å². The van der Waals surface area contributed by atoms with Gasteiger partial charge < -0.3 is 4.74 Å². The highest BCUT2D eigenvalue weighted by Gasteiger charge is 2.37. The number of hydrogen-bond donors (Lipinski definition) is 1. The molecule has 6 nitrogen and oxygen atoms in total. The second kappa shape index (κ2) is 9.89. The van der Waals surface area contributed by atoms with E-state index < -0.39 is 17.8 Å². The summed E-state index contributed by atoms with van der Waals surface area (Å²) >= 11 is 18.0. The number of amides is 4. The molecule has 1 N–H and O–H groups in total. The quantitative estimate of drug-likeness (QED) is 0.324. The number of carbonyl (C=O) groups excluding carboxylic acids is 3. The lowest BCUT2D eigenvalue weighted by molar-refractivity contribution is -0.122. The third-order valence-corrected chi connectivity index (χ3v) is 6.07. The zero-order valence-electron chi connectivity index (χ0n) is 17.8. The summed E-state index contributed by atoms with van der Waals surface area (Å²) in [5.74, 6) is -0.927. The Balaban J connectivity index is 1.53. The van der Waals surface area contributed by atoms with Gasteiger partial charge in [-0.1, -0.05) is 59.1 Å². The molecule has 3 aromatic rings. The van der Waals surface area contributed by atoms with Gasteiger partial charge >= 0.3 is 6.03 Å². The Hall–Kier alpha value is -3.32. The van der Waals surface area contributed by atoms with Gasteiger partial charge in [0.2, 0.25) is 0 Å². The molecule has 34 heavy (non-hydrogen) atoms. The van der Waals surface area contributed by atoms with Crippen molar-refractivity contribution >= 4 is 64.4 Å². The van der Waals surface area contributed by atoms with Crippen LogP contribution in [0, 0.1) is 6.92 Å². The molecule has 3 aromatic carbocycles. The second-order valence-electron chi connectivity index (χ2n) is 7.49. The summed E-state index contributed by atoms with van der Waals surface area (Å²) in [4.78, 5) is 38.8. The van der Waals surface area contributed by atoms with Crippen molar-refractivity contribution < 1.29 is 19.1 Å². The summed E-state index contributed by atoms with van der Waals surface area (Å²) < 4.78 is 5.75. The summed E-state index contributed by atoms with van der Waals surface area (Å²) in [6, 6.07) is 16.1. The van der Waals surface area contributed by atoms with Crippen LogP contribution in [0.5, 0.6) is 5.75 Å². The summed E-state index contributed by atoms with van der Waals surface area (Å²) in [5, 5.41) is 3.48. The fourth-order valence-corrected chi connectivity index (χ4v) is 3.81. The van der Waals surface area contributed by atoms with Crippen LogP contribution in [0.25, 0.3) is 6.08 Å². The first-order chi connectivity index (χ1) is 16.2. The van der Waals surface area contributed by atoms with E-state index in [0.717, 1.165) is 10.5 Å². The molecule has 0 saturated carbocycles. The maximum absolute atomic E-state index is 13.1. The monoisotopic (exact) mass is 514 g/mol. The van der Waals surface area contributed by atoms with E-state index in [1.165, 1.54) is 12.1 Å². The molecule has 0 bridgehead atoms. The molecule has 0 radical (unpaired) electrons. The first kappa shape index (κ1) is 23.8. The maximum Gasteiger partial charge on any atom is 0.335 e. The van der Waals surface area contributed by atoms with Crippen molar-refractivity contribution in [1.82, 2.24) is 5.32 Å². The molecule has 4 rings (SSSR count). The van der Waals surface area contributed by atoms with Gasteiger partial charge in [-0.2, -0.15) is 0 Å². The van der Waals surface area contributed by atoms with E-state index in [1.54, 1.807) is 55.5 Å². The Morgan fingerprint density at radius 3 is 2.35 bits per heavy atom. The van der Waals surface area contributed by atoms with Crippen molar-refractivity contribution in [3.05, 3.63) is 98.0 Å². The summed E-state index contributed by atoms with van der Waals surface area (Å²) in [5.41, 5.74) is 2.22. The zero-order valence-corrected chi connectivity index (χ0v) is 20.0. The van der Waals surface area contributed by atoms with Crippen molar-refractivity contribution in [1.29, 1.82) is 0 Å². The minimum atomic E-state index is -0.830. The highest BCUT2D eigenvalue weighted by molar-refractivity contribution is 6.42. The molecule has 1 aliphatic rings. The van der Waals surface area contributed by atoms with Gasteiger partial charge in [0.25, 0.3) is 11.8 Å². The summed E-state index contributed by atoms with van der Waals surface area (Å²) in [7, 11) is 0. The van der Waals surface area contributed by atoms with E-state index >= 15 is 0 Å². The fraction of sp³-hybridized carbons (Fsp3) is 0.0800. The topological polar surface area (TPSA) is 75.7 Å². The number of rotatable bonds is 5. The van der Waals surface area contributed by atoms with Gasteiger partial charge in [-0.3, -0.25) is 14.9 Å². The molecular formula is C25H17Cl3N2O4. The Morgan fingerprint density at radius 2 is 1.65 bits per heavy atom. The van der Waals surface area contributed by atoms with Crippen LogP contribution in [0.2, 0.25) is 15.1 Å². The Morgan fingerprint density at radius 1 is 0.912 bits per heavy atom. The molecule has 0 atom stereocenters. The third-order valence-electron chi connectivity index (χ3n) is 5.09. The van der Waals surface area contributed by atoms with Gasteiger partial charge in [0.05, 0.1) is 15.7 Å². The van der Waals surface area contributed by atoms with E-state index in [4.69, 9.17) is 39.5 Å². The predicted molar refractivity (Wildman–Crippen MR) is 132 cm³/mol. The fourth-order valence-electron chi connectivity index (χ4n) is 3.32. The van der Waals surface area contributed by atoms with E-state index in [0.29, 0.717) is 37.6 Å². The minimum Gasteiger partial charge on any atom is -0.489 e. The van der Waals surface area contributed by atoms with Crippen molar-refractivity contribution in [2.45, 2.75) is 13.5 Å². The molecule has 9 heteroatoms. The average molecular weight is 516 g/mol. The molecule has 0 spiro atoms. The van der Waals surface area contributed by atoms with Gasteiger partial charge in [-0.05, 0) is 66.1 Å². The second-order valence-corrected chi connectivity index (χ2v) is 8.75. The summed E-state index contributed by atoms with van der Waals surface area (Å²) in [6.07, 6.45) is 1.42. The number of halogens is 3. The molecule has 0 aromatic heterocycles. The van der Waals surface area contributed by atoms with Crippen LogP contribution in [0.3, 0.4) is 0 Å². The molecule has 0 aliphatic carbocycles. The number of nitrogens with zero attached hydrogens (tertiary/aromatic N) is 1. The van der Waals surface area contributed by atoms with Gasteiger partial charge in [0.1, 0.15) is 17.9 Å². The van der Waals surface area contributed by atoms with Crippen molar-refractivity contribution in [2.75, 3.05) is 4.90 Å². The lowest BCUT2D eigenvalue weighted by Crippen LogP contribution is -2.54. The van der Waals surface area contributed by atoms with Gasteiger partial charge in [-0.25, -0.2) is 9.69 Å². The van der Waals surface area contributed by atoms with Gasteiger partial charge in [0.15, 0.2) is 0 Å². The Kier molecular flexibility index (Phi) is 6.93. The zero-order chi connectivity index (χ0) is 24.4. The van der Waals surface area contributed by atoms with Crippen molar-refractivity contribution in [3.8, 4) is 5.75 Å². The third kappa shape index (κ3) is 5.09. The number of anilines is 1. The van der Waals surface area contributed by atoms with Crippen LogP contribution in [0.15, 0.2) is 66.2 Å². The van der Waals surface area contributed by atoms with Crippen LogP contribution in [-0.2, 0) is 16.2 Å². The van der Waals surface area contributed by atoms with Crippen molar-refractivity contribution in [2.24, 2.45) is 0 Å². The Bertz CT molecular complexity index is 1340. The predicted octanol–water partition coefficient (Wildman–Crippen LogP) is 6.20. The maximum atomic E-state index is 13.1. The number of hydrogen-bond acceptors (Lipinski definition) is 4. The SMILES string of the molecule is Cc1ccc(Cl)cc1N1C(=O)NC(=O)/C(=C\c2ccc(OCc3ccc(Cl)c(Cl)c3)cc2)C1=O. The van der Waals surface area contributed by atoms with Crippen LogP contribution in [0.1, 0.15) is 16.7 Å². The molecule has 4 amide bonds. The smallest absolute Gasteiger partial charge is 0.335 e. The molecule has 1 heterocycles. The minimum absolute atomic E-state index is 0.177. The Labute approximate surface area is 210 Å². The number of urea groups is 1. The highest BCUT2D eigenvalue weighted by Crippen LogP contribution is 2.28. The highest BCUT2D eigenvalue weighted by atomic mass is 35.5. The average Bonchev–Trinajstić information content (AvgIpc) is 2.80. The van der Waals surface area contributed by atoms with Crippen LogP contribution >= 0.6 is 34.8 Å². The molecule has 172 valence electrons. The largest absolute Gasteiger partial charge is 0.489 e. The standard InChI is InChI=1S/C25H17Cl3N2O4/c1-14-2-6-17(26)12-22(14)30-24(32)19(23(31)29-25(30)33)10-15-3-7-18(8-4-15)34-13-16-5-9-20(27)21(28)11-16/h2-12H,13H2,1H3,(H,29,31,33)/b19-10+. The van der Waals surface area contributed by atoms with Crippen LogP contribution < -0.4 is 15.0 Å². The van der Waals surface area contributed by atoms with E-state index in [-0.39, 0.29) is 12.2 Å². The van der Waals surface area contributed by atoms with E-state index in [9.17, 15) is 14.4 Å². The van der Waals surface area contributed by atoms with Gasteiger partial charge in [0, 0.05) is 5.02 Å². The number of carbonyl (C=O) groups is 3.